The number of nitrogens with zero attached hydrogens (tertiary/aromatic N) is 4. The minimum absolute atomic E-state index is 0.190. The van der Waals surface area contributed by atoms with Crippen molar-refractivity contribution in [3.8, 4) is 0 Å². The van der Waals surface area contributed by atoms with Gasteiger partial charge in [0.15, 0.2) is 21.2 Å². The second-order valence-corrected chi connectivity index (χ2v) is 14.9. The summed E-state index contributed by atoms with van der Waals surface area (Å²) in [5, 5.41) is 0. The Kier molecular flexibility index (Phi) is 13.2. The normalized spacial score (nSPS) is 14.0. The fourth-order valence-electron chi connectivity index (χ4n) is 3.09. The number of aromatic nitrogens is 4. The summed E-state index contributed by atoms with van der Waals surface area (Å²) in [6.07, 6.45) is 4.53. The molecule has 3 rings (SSSR count). The van der Waals surface area contributed by atoms with Crippen LogP contribution in [0.1, 0.15) is 31.4 Å². The molecule has 0 saturated carbocycles. The Labute approximate surface area is 249 Å². The Hall–Kier alpha value is -2.80. The first-order valence-electron chi connectivity index (χ1n) is 11.1. The fraction of sp³-hybridized carbons (Fsp3) is 0.450. The first-order chi connectivity index (χ1) is 19.3. The van der Waals surface area contributed by atoms with Crippen molar-refractivity contribution in [2.75, 3.05) is 6.26 Å². The highest BCUT2D eigenvalue weighted by Crippen LogP contribution is 2.21. The van der Waals surface area contributed by atoms with Gasteiger partial charge in [0.25, 0.3) is 11.6 Å². The van der Waals surface area contributed by atoms with Crippen LogP contribution in [0, 0.1) is 6.92 Å². The van der Waals surface area contributed by atoms with E-state index in [0.717, 1.165) is 5.82 Å². The van der Waals surface area contributed by atoms with Crippen LogP contribution in [0.2, 0.25) is 0 Å². The zero-order valence-corrected chi connectivity index (χ0v) is 26.8. The number of hydrogen-bond acceptors (Lipinski definition) is 9. The summed E-state index contributed by atoms with van der Waals surface area (Å²) in [4.78, 5) is 0. The molecule has 1 atom stereocenters. The molecule has 24 heteroatoms. The SMILES string of the molecule is C=S(=O)([O-])C(F)(F)F.CC(C)c1n(S(C)(=O)=O)cc[n+]1C.Cc1n(S(=O)(=O)F)c2ccccc2[n+]1C.O=S(=O)([O-])C(F)(F)F. The minimum Gasteiger partial charge on any atom is -0.772 e. The van der Waals surface area contributed by atoms with Gasteiger partial charge in [-0.15, -0.1) is 3.97 Å². The summed E-state index contributed by atoms with van der Waals surface area (Å²) in [5.74, 6) is 3.20. The van der Waals surface area contributed by atoms with E-state index < -0.39 is 51.4 Å². The zero-order valence-electron chi connectivity index (χ0n) is 23.5. The van der Waals surface area contributed by atoms with Gasteiger partial charge in [-0.25, -0.2) is 17.6 Å². The fourth-order valence-corrected chi connectivity index (χ4v) is 4.87. The highest BCUT2D eigenvalue weighted by Gasteiger charge is 2.37. The number of rotatable bonds is 3. The smallest absolute Gasteiger partial charge is 0.485 e. The van der Waals surface area contributed by atoms with Gasteiger partial charge >= 0.3 is 31.4 Å². The van der Waals surface area contributed by atoms with Gasteiger partial charge in [-0.2, -0.15) is 43.2 Å². The van der Waals surface area contributed by atoms with E-state index in [-0.39, 0.29) is 5.92 Å². The molecule has 13 nitrogen and oxygen atoms in total. The van der Waals surface area contributed by atoms with Gasteiger partial charge in [0.05, 0.1) is 26.3 Å². The van der Waals surface area contributed by atoms with Crippen molar-refractivity contribution in [3.63, 3.8) is 0 Å². The summed E-state index contributed by atoms with van der Waals surface area (Å²) in [6, 6.07) is 6.75. The molecule has 1 unspecified atom stereocenters. The summed E-state index contributed by atoms with van der Waals surface area (Å²) in [6.45, 7) is 5.49. The number of imidazole rings is 2. The van der Waals surface area contributed by atoms with Crippen LogP contribution in [0.25, 0.3) is 11.0 Å². The maximum absolute atomic E-state index is 13.0. The molecule has 0 aliphatic heterocycles. The first kappa shape index (κ1) is 41.2. The molecule has 2 heterocycles. The lowest BCUT2D eigenvalue weighted by Crippen LogP contribution is -2.34. The van der Waals surface area contributed by atoms with Gasteiger partial charge in [0.1, 0.15) is 12.4 Å². The second kappa shape index (κ2) is 14.1. The highest BCUT2D eigenvalue weighted by molar-refractivity contribution is 7.95. The Morgan fingerprint density at radius 1 is 0.886 bits per heavy atom. The molecule has 0 fully saturated rings. The van der Waals surface area contributed by atoms with E-state index in [4.69, 9.17) is 13.0 Å². The van der Waals surface area contributed by atoms with Crippen molar-refractivity contribution in [1.82, 2.24) is 7.94 Å². The van der Waals surface area contributed by atoms with Crippen LogP contribution < -0.4 is 9.13 Å². The van der Waals surface area contributed by atoms with Crippen molar-refractivity contribution in [1.29, 1.82) is 0 Å². The van der Waals surface area contributed by atoms with Crippen LogP contribution in [0.15, 0.2) is 36.7 Å². The molecule has 0 aliphatic carbocycles. The molecule has 0 aliphatic rings. The van der Waals surface area contributed by atoms with Gasteiger partial charge in [-0.05, 0) is 21.9 Å². The number of aryl methyl sites for hydroxylation is 2. The van der Waals surface area contributed by atoms with E-state index in [1.54, 1.807) is 55.2 Å². The quantitative estimate of drug-likeness (QED) is 0.0963. The maximum Gasteiger partial charge on any atom is 0.485 e. The van der Waals surface area contributed by atoms with E-state index >= 15 is 0 Å². The lowest BCUT2D eigenvalue weighted by molar-refractivity contribution is -0.679. The molecule has 0 bridgehead atoms. The Morgan fingerprint density at radius 3 is 1.59 bits per heavy atom. The van der Waals surface area contributed by atoms with Gasteiger partial charge < -0.3 is 9.11 Å². The Bertz CT molecular complexity index is 1850. The number of alkyl halides is 6. The predicted molar refractivity (Wildman–Crippen MR) is 141 cm³/mol. The molecular weight excluding hydrogens is 701 g/mol. The minimum atomic E-state index is -6.09. The van der Waals surface area contributed by atoms with E-state index in [0.29, 0.717) is 20.8 Å². The first-order valence-corrected chi connectivity index (χ1v) is 17.4. The zero-order chi connectivity index (χ0) is 35.4. The van der Waals surface area contributed by atoms with Crippen LogP contribution in [0.3, 0.4) is 0 Å². The van der Waals surface area contributed by atoms with Gasteiger partial charge in [-0.3, -0.25) is 4.21 Å². The largest absolute Gasteiger partial charge is 0.772 e. The number of fused-ring (bicyclic) bond motifs is 1. The molecule has 0 amide bonds. The molecule has 3 aromatic rings. The van der Waals surface area contributed by atoms with Crippen molar-refractivity contribution >= 4 is 57.3 Å². The summed E-state index contributed by atoms with van der Waals surface area (Å²) in [5.41, 5.74) is -9.82. The van der Waals surface area contributed by atoms with Gasteiger partial charge in [0, 0.05) is 6.92 Å². The van der Waals surface area contributed by atoms with Crippen LogP contribution in [0.4, 0.5) is 30.2 Å². The Balaban J connectivity index is 0.000000585. The summed E-state index contributed by atoms with van der Waals surface area (Å²) >= 11 is 0. The molecule has 0 spiro atoms. The third-order valence-corrected chi connectivity index (χ3v) is 8.17. The topological polar surface area (TPSA) is 183 Å². The second-order valence-electron chi connectivity index (χ2n) is 8.74. The highest BCUT2D eigenvalue weighted by atomic mass is 32.3. The molecule has 0 N–H and O–H groups in total. The van der Waals surface area contributed by atoms with Crippen molar-refractivity contribution in [2.45, 2.75) is 37.7 Å². The molecular formula is C20H27F7N4O9S4. The molecule has 1 aromatic carbocycles. The maximum atomic E-state index is 13.0. The molecule has 0 saturated heterocycles. The monoisotopic (exact) mass is 728 g/mol. The van der Waals surface area contributed by atoms with Crippen LogP contribution in [-0.4, -0.2) is 69.7 Å². The average Bonchev–Trinajstić information content (AvgIpc) is 3.30. The lowest BCUT2D eigenvalue weighted by atomic mass is 10.2. The predicted octanol–water partition coefficient (Wildman–Crippen LogP) is 1.48. The summed E-state index contributed by atoms with van der Waals surface area (Å²) in [7, 11) is -15.5. The van der Waals surface area contributed by atoms with E-state index in [2.05, 4.69) is 0 Å². The average molecular weight is 729 g/mol. The van der Waals surface area contributed by atoms with Crippen LogP contribution >= 0.6 is 0 Å². The standard InChI is InChI=1S/C9H10FN2O2S.C8H15N2O2S.C2H3F3O2S.CHF3O3S/c1-7-11(2)8-5-3-4-6-9(8)12(7)15(10,13)14;1-7(2)8-9(3)5-6-10(8)13(4,11)12;1-8(6,7)2(3,4)5;2-1(3,4)8(5,6)7/h3-6H,1-2H3;5-7H,1-4H3;1H2,(H,6,7);(H,5,6,7)/q2*+1;;/p-2. The van der Waals surface area contributed by atoms with Gasteiger partial charge in [0.2, 0.25) is 0 Å². The molecule has 254 valence electrons. The third-order valence-electron chi connectivity index (χ3n) is 4.98. The van der Waals surface area contributed by atoms with Gasteiger partial charge in [-0.1, -0.05) is 39.7 Å². The lowest BCUT2D eigenvalue weighted by Gasteiger charge is -2.15. The van der Waals surface area contributed by atoms with E-state index in [1.165, 1.54) is 10.2 Å². The summed E-state index contributed by atoms with van der Waals surface area (Å²) < 4.78 is 174. The Morgan fingerprint density at radius 2 is 1.30 bits per heavy atom. The van der Waals surface area contributed by atoms with Crippen molar-refractivity contribution < 1.29 is 77.9 Å². The number of halogens is 7. The van der Waals surface area contributed by atoms with E-state index in [1.807, 2.05) is 31.3 Å². The number of benzene rings is 1. The van der Waals surface area contributed by atoms with E-state index in [9.17, 15) is 55.8 Å². The number of para-hydroxylation sites is 2. The molecule has 44 heavy (non-hydrogen) atoms. The number of hydrogen-bond donors (Lipinski definition) is 0. The van der Waals surface area contributed by atoms with Crippen molar-refractivity contribution in [2.24, 2.45) is 14.1 Å². The van der Waals surface area contributed by atoms with Crippen molar-refractivity contribution in [3.05, 3.63) is 48.3 Å². The molecule has 2 aromatic heterocycles. The third kappa shape index (κ3) is 11.3. The molecule has 0 radical (unpaired) electrons. The van der Waals surface area contributed by atoms with Crippen LogP contribution in [-0.2, 0) is 54.4 Å². The van der Waals surface area contributed by atoms with Crippen LogP contribution in [0.5, 0.6) is 0 Å².